The van der Waals surface area contributed by atoms with Crippen molar-refractivity contribution in [2.45, 2.75) is 51.4 Å². The van der Waals surface area contributed by atoms with Crippen LogP contribution in [0.1, 0.15) is 60.0 Å². The van der Waals surface area contributed by atoms with Gasteiger partial charge in [-0.1, -0.05) is 0 Å². The molecular formula is C26H27N3O7. The van der Waals surface area contributed by atoms with Gasteiger partial charge in [-0.15, -0.1) is 5.06 Å². The summed E-state index contributed by atoms with van der Waals surface area (Å²) in [6.07, 6.45) is 4.61. The van der Waals surface area contributed by atoms with E-state index in [9.17, 15) is 24.0 Å². The molecule has 188 valence electrons. The number of carbonyl (C=O) groups excluding carboxylic acids is 4. The normalized spacial score (nSPS) is 20.2. The zero-order chi connectivity index (χ0) is 25.0. The molecule has 0 N–H and O–H groups in total. The Kier molecular flexibility index (Phi) is 5.54. The molecule has 6 rings (SSSR count). The fraction of sp³-hybridized carbons (Fsp3) is 0.500. The molecule has 2 aromatic rings. The Balaban J connectivity index is 1.19. The third-order valence-electron chi connectivity index (χ3n) is 7.75. The summed E-state index contributed by atoms with van der Waals surface area (Å²) in [6, 6.07) is 3.70. The van der Waals surface area contributed by atoms with E-state index in [-0.39, 0.29) is 31.5 Å². The van der Waals surface area contributed by atoms with Crippen LogP contribution < -0.4 is 10.5 Å². The van der Waals surface area contributed by atoms with Gasteiger partial charge in [0.2, 0.25) is 0 Å². The summed E-state index contributed by atoms with van der Waals surface area (Å²) in [4.78, 5) is 71.0. The molecule has 0 aliphatic carbocycles. The van der Waals surface area contributed by atoms with Crippen molar-refractivity contribution in [3.05, 3.63) is 39.2 Å². The molecule has 5 heterocycles. The predicted molar refractivity (Wildman–Crippen MR) is 127 cm³/mol. The standard InChI is InChI=1S/C26H27N3O7/c30-20-5-6-21(31)29(20)36-25(33)15-7-11-28(12-8-15)24(32)19-14-17-13-16-3-1-9-27-10-2-4-18(22(16)27)23(17)35-26(19)34/h13-15H,1-12H2. The van der Waals surface area contributed by atoms with Crippen LogP contribution in [0.3, 0.4) is 0 Å². The summed E-state index contributed by atoms with van der Waals surface area (Å²) in [5, 5.41) is 1.32. The first-order valence-electron chi connectivity index (χ1n) is 12.6. The number of hydroxylamine groups is 2. The maximum Gasteiger partial charge on any atom is 0.349 e. The van der Waals surface area contributed by atoms with E-state index in [0.717, 1.165) is 49.7 Å². The lowest BCUT2D eigenvalue weighted by atomic mass is 9.90. The van der Waals surface area contributed by atoms with Crippen LogP contribution in [0.5, 0.6) is 0 Å². The zero-order valence-electron chi connectivity index (χ0n) is 19.9. The number of benzene rings is 1. The van der Waals surface area contributed by atoms with Crippen LogP contribution in [-0.4, -0.2) is 59.8 Å². The number of anilines is 1. The van der Waals surface area contributed by atoms with Crippen LogP contribution in [0.15, 0.2) is 21.3 Å². The lowest BCUT2D eigenvalue weighted by Gasteiger charge is -2.37. The molecule has 2 saturated heterocycles. The van der Waals surface area contributed by atoms with E-state index < -0.39 is 35.2 Å². The molecular weight excluding hydrogens is 466 g/mol. The van der Waals surface area contributed by atoms with Crippen molar-refractivity contribution in [3.8, 4) is 0 Å². The van der Waals surface area contributed by atoms with Crippen LogP contribution >= 0.6 is 0 Å². The summed E-state index contributed by atoms with van der Waals surface area (Å²) < 4.78 is 5.76. The first kappa shape index (κ1) is 22.8. The Labute approximate surface area is 206 Å². The van der Waals surface area contributed by atoms with Crippen molar-refractivity contribution in [2.24, 2.45) is 5.92 Å². The molecule has 4 aliphatic heterocycles. The van der Waals surface area contributed by atoms with Gasteiger partial charge in [-0.3, -0.25) is 14.4 Å². The van der Waals surface area contributed by atoms with Gasteiger partial charge in [0, 0.05) is 55.7 Å². The number of rotatable bonds is 3. The van der Waals surface area contributed by atoms with Gasteiger partial charge < -0.3 is 19.1 Å². The number of fused-ring (bicyclic) bond motifs is 2. The number of hydrogen-bond donors (Lipinski definition) is 0. The van der Waals surface area contributed by atoms with Gasteiger partial charge in [0.1, 0.15) is 11.1 Å². The number of piperidine rings is 1. The quantitative estimate of drug-likeness (QED) is 0.470. The average molecular weight is 494 g/mol. The lowest BCUT2D eigenvalue weighted by Crippen LogP contribution is -2.43. The molecule has 3 amide bonds. The second kappa shape index (κ2) is 8.76. The Morgan fingerprint density at radius 1 is 0.889 bits per heavy atom. The van der Waals surface area contributed by atoms with Crippen LogP contribution in [0, 0.1) is 5.92 Å². The monoisotopic (exact) mass is 493 g/mol. The highest BCUT2D eigenvalue weighted by atomic mass is 16.7. The van der Waals surface area contributed by atoms with Gasteiger partial charge in [-0.25, -0.2) is 9.59 Å². The summed E-state index contributed by atoms with van der Waals surface area (Å²) >= 11 is 0. The van der Waals surface area contributed by atoms with Gasteiger partial charge in [0.15, 0.2) is 0 Å². The van der Waals surface area contributed by atoms with Gasteiger partial charge in [-0.05, 0) is 56.2 Å². The van der Waals surface area contributed by atoms with Gasteiger partial charge >= 0.3 is 11.6 Å². The molecule has 36 heavy (non-hydrogen) atoms. The predicted octanol–water partition coefficient (Wildman–Crippen LogP) is 1.95. The molecule has 0 radical (unpaired) electrons. The van der Waals surface area contributed by atoms with E-state index >= 15 is 0 Å². The minimum absolute atomic E-state index is 0.00703. The second-order valence-corrected chi connectivity index (χ2v) is 9.98. The summed E-state index contributed by atoms with van der Waals surface area (Å²) in [5.41, 5.74) is 3.43. The molecule has 2 fully saturated rings. The lowest BCUT2D eigenvalue weighted by molar-refractivity contribution is -0.201. The maximum atomic E-state index is 13.3. The highest BCUT2D eigenvalue weighted by Crippen LogP contribution is 2.39. The molecule has 0 unspecified atom stereocenters. The first-order valence-corrected chi connectivity index (χ1v) is 12.6. The van der Waals surface area contributed by atoms with E-state index in [0.29, 0.717) is 23.5 Å². The van der Waals surface area contributed by atoms with E-state index in [1.165, 1.54) is 16.2 Å². The Morgan fingerprint density at radius 2 is 1.58 bits per heavy atom. The highest BCUT2D eigenvalue weighted by Gasteiger charge is 2.37. The number of likely N-dealkylation sites (tertiary alicyclic amines) is 1. The molecule has 0 atom stereocenters. The Bertz CT molecular complexity index is 1340. The number of nitrogens with zero attached hydrogens (tertiary/aromatic N) is 3. The minimum atomic E-state index is -0.649. The number of amides is 3. The molecule has 0 bridgehead atoms. The highest BCUT2D eigenvalue weighted by molar-refractivity contribution is 6.02. The number of carbonyl (C=O) groups is 4. The maximum absolute atomic E-state index is 13.3. The first-order chi connectivity index (χ1) is 17.4. The van der Waals surface area contributed by atoms with Crippen LogP contribution in [-0.2, 0) is 32.1 Å². The van der Waals surface area contributed by atoms with Crippen molar-refractivity contribution in [1.29, 1.82) is 0 Å². The minimum Gasteiger partial charge on any atom is -0.422 e. The van der Waals surface area contributed by atoms with Crippen LogP contribution in [0.25, 0.3) is 11.0 Å². The van der Waals surface area contributed by atoms with Crippen LogP contribution in [0.4, 0.5) is 5.69 Å². The molecule has 1 aromatic heterocycles. The van der Waals surface area contributed by atoms with E-state index in [4.69, 9.17) is 9.25 Å². The van der Waals surface area contributed by atoms with Crippen molar-refractivity contribution in [1.82, 2.24) is 9.96 Å². The summed E-state index contributed by atoms with van der Waals surface area (Å²) in [6.45, 7) is 2.53. The Hall–Kier alpha value is -3.69. The van der Waals surface area contributed by atoms with Gasteiger partial charge in [0.05, 0.1) is 5.92 Å². The molecule has 0 saturated carbocycles. The summed E-state index contributed by atoms with van der Waals surface area (Å²) in [7, 11) is 0. The number of aryl methyl sites for hydroxylation is 2. The molecule has 10 nitrogen and oxygen atoms in total. The van der Waals surface area contributed by atoms with Crippen LogP contribution in [0.2, 0.25) is 0 Å². The number of imide groups is 1. The van der Waals surface area contributed by atoms with Crippen molar-refractivity contribution in [3.63, 3.8) is 0 Å². The zero-order valence-corrected chi connectivity index (χ0v) is 19.9. The fourth-order valence-corrected chi connectivity index (χ4v) is 5.91. The topological polar surface area (TPSA) is 117 Å². The van der Waals surface area contributed by atoms with E-state index in [1.807, 2.05) is 0 Å². The third kappa shape index (κ3) is 3.75. The largest absolute Gasteiger partial charge is 0.422 e. The molecule has 4 aliphatic rings. The fourth-order valence-electron chi connectivity index (χ4n) is 5.91. The van der Waals surface area contributed by atoms with Crippen molar-refractivity contribution in [2.75, 3.05) is 31.1 Å². The smallest absolute Gasteiger partial charge is 0.349 e. The SMILES string of the molecule is O=C(ON1C(=O)CCC1=O)C1CCN(C(=O)c2cc3cc4c5c(c3oc2=O)CCCN5CCC4)CC1. The molecule has 10 heteroatoms. The van der Waals surface area contributed by atoms with E-state index in [1.54, 1.807) is 6.07 Å². The van der Waals surface area contributed by atoms with Crippen molar-refractivity contribution < 1.29 is 28.4 Å². The molecule has 0 spiro atoms. The van der Waals surface area contributed by atoms with Gasteiger partial charge in [0.25, 0.3) is 17.7 Å². The second-order valence-electron chi connectivity index (χ2n) is 9.98. The number of hydrogen-bond acceptors (Lipinski definition) is 8. The van der Waals surface area contributed by atoms with Crippen molar-refractivity contribution >= 4 is 40.3 Å². The third-order valence-corrected chi connectivity index (χ3v) is 7.75. The average Bonchev–Trinajstić information content (AvgIpc) is 3.21. The Morgan fingerprint density at radius 3 is 2.31 bits per heavy atom. The van der Waals surface area contributed by atoms with E-state index in [2.05, 4.69) is 11.0 Å². The summed E-state index contributed by atoms with van der Waals surface area (Å²) in [5.74, 6) is -2.65. The van der Waals surface area contributed by atoms with Gasteiger partial charge in [-0.2, -0.15) is 0 Å². The molecule has 1 aromatic carbocycles.